The van der Waals surface area contributed by atoms with Gasteiger partial charge in [0.1, 0.15) is 0 Å². The van der Waals surface area contributed by atoms with Crippen LogP contribution in [0, 0.1) is 5.92 Å². The summed E-state index contributed by atoms with van der Waals surface area (Å²) in [5.74, 6) is 0.559. The maximum Gasteiger partial charge on any atom is 0.236 e. The van der Waals surface area contributed by atoms with Crippen LogP contribution in [0.4, 0.5) is 5.95 Å². The standard InChI is InChI=1S/C16H24N6O2/c17-15(24)13-2-6-21(7-3-13)14(23)12-20-8-10-22(11-9-20)16-18-4-1-5-19-16/h1,4-5,13H,2-3,6-12H2,(H2,17,24). The zero-order valence-electron chi connectivity index (χ0n) is 13.8. The number of primary amides is 1. The van der Waals surface area contributed by atoms with E-state index in [0.29, 0.717) is 32.5 Å². The summed E-state index contributed by atoms with van der Waals surface area (Å²) < 4.78 is 0. The Kier molecular flexibility index (Phi) is 5.24. The molecule has 8 nitrogen and oxygen atoms in total. The van der Waals surface area contributed by atoms with E-state index in [2.05, 4.69) is 19.8 Å². The van der Waals surface area contributed by atoms with Gasteiger partial charge in [0, 0.05) is 57.6 Å². The Morgan fingerprint density at radius 3 is 2.25 bits per heavy atom. The molecule has 2 saturated heterocycles. The van der Waals surface area contributed by atoms with Crippen molar-refractivity contribution in [2.24, 2.45) is 11.7 Å². The molecular formula is C16H24N6O2. The van der Waals surface area contributed by atoms with Crippen molar-refractivity contribution in [1.82, 2.24) is 19.8 Å². The summed E-state index contributed by atoms with van der Waals surface area (Å²) in [6, 6.07) is 1.81. The molecule has 0 spiro atoms. The molecule has 3 rings (SSSR count). The van der Waals surface area contributed by atoms with Gasteiger partial charge in [0.25, 0.3) is 0 Å². The molecule has 0 atom stereocenters. The fraction of sp³-hybridized carbons (Fsp3) is 0.625. The smallest absolute Gasteiger partial charge is 0.236 e. The number of piperidine rings is 1. The van der Waals surface area contributed by atoms with Crippen molar-refractivity contribution in [3.63, 3.8) is 0 Å². The van der Waals surface area contributed by atoms with Gasteiger partial charge in [-0.05, 0) is 18.9 Å². The Labute approximate surface area is 141 Å². The van der Waals surface area contributed by atoms with E-state index in [1.54, 1.807) is 18.5 Å². The predicted octanol–water partition coefficient (Wildman–Crippen LogP) is -0.677. The van der Waals surface area contributed by atoms with Gasteiger partial charge in [0.2, 0.25) is 17.8 Å². The summed E-state index contributed by atoms with van der Waals surface area (Å²) in [6.07, 6.45) is 4.85. The topological polar surface area (TPSA) is 95.7 Å². The Hall–Kier alpha value is -2.22. The second-order valence-electron chi connectivity index (χ2n) is 6.37. The number of carbonyl (C=O) groups is 2. The molecule has 0 aromatic carbocycles. The number of carbonyl (C=O) groups excluding carboxylic acids is 2. The van der Waals surface area contributed by atoms with Crippen molar-refractivity contribution in [1.29, 1.82) is 0 Å². The van der Waals surface area contributed by atoms with E-state index in [4.69, 9.17) is 5.73 Å². The van der Waals surface area contributed by atoms with Crippen LogP contribution in [0.5, 0.6) is 0 Å². The third-order valence-electron chi connectivity index (χ3n) is 4.82. The number of likely N-dealkylation sites (tertiary alicyclic amines) is 1. The lowest BCUT2D eigenvalue weighted by Gasteiger charge is -2.36. The van der Waals surface area contributed by atoms with Crippen molar-refractivity contribution >= 4 is 17.8 Å². The zero-order chi connectivity index (χ0) is 16.9. The highest BCUT2D eigenvalue weighted by atomic mass is 16.2. The summed E-state index contributed by atoms with van der Waals surface area (Å²) in [6.45, 7) is 4.98. The molecule has 2 N–H and O–H groups in total. The summed E-state index contributed by atoms with van der Waals surface area (Å²) in [5.41, 5.74) is 5.33. The van der Waals surface area contributed by atoms with Gasteiger partial charge in [-0.3, -0.25) is 14.5 Å². The quantitative estimate of drug-likeness (QED) is 0.785. The lowest BCUT2D eigenvalue weighted by molar-refractivity contribution is -0.136. The Morgan fingerprint density at radius 2 is 1.67 bits per heavy atom. The number of rotatable bonds is 4. The van der Waals surface area contributed by atoms with Crippen molar-refractivity contribution in [2.45, 2.75) is 12.8 Å². The summed E-state index contributed by atoms with van der Waals surface area (Å²) in [7, 11) is 0. The average molecular weight is 332 g/mol. The monoisotopic (exact) mass is 332 g/mol. The molecule has 3 heterocycles. The van der Waals surface area contributed by atoms with Gasteiger partial charge in [-0.1, -0.05) is 0 Å². The van der Waals surface area contributed by atoms with Crippen LogP contribution in [0.15, 0.2) is 18.5 Å². The van der Waals surface area contributed by atoms with Crippen LogP contribution >= 0.6 is 0 Å². The highest BCUT2D eigenvalue weighted by Gasteiger charge is 2.27. The van der Waals surface area contributed by atoms with Gasteiger partial charge in [0.05, 0.1) is 6.54 Å². The van der Waals surface area contributed by atoms with Gasteiger partial charge in [-0.25, -0.2) is 9.97 Å². The van der Waals surface area contributed by atoms with Crippen LogP contribution in [0.3, 0.4) is 0 Å². The maximum atomic E-state index is 12.4. The zero-order valence-corrected chi connectivity index (χ0v) is 13.8. The normalized spacial score (nSPS) is 20.2. The van der Waals surface area contributed by atoms with Crippen LogP contribution in [-0.2, 0) is 9.59 Å². The lowest BCUT2D eigenvalue weighted by atomic mass is 9.96. The highest BCUT2D eigenvalue weighted by molar-refractivity contribution is 5.80. The van der Waals surface area contributed by atoms with E-state index in [1.807, 2.05) is 4.90 Å². The van der Waals surface area contributed by atoms with Crippen LogP contribution in [-0.4, -0.2) is 77.4 Å². The Balaban J connectivity index is 1.43. The minimum atomic E-state index is -0.249. The minimum Gasteiger partial charge on any atom is -0.369 e. The first-order chi connectivity index (χ1) is 11.6. The maximum absolute atomic E-state index is 12.4. The number of amides is 2. The number of hydrogen-bond acceptors (Lipinski definition) is 6. The molecular weight excluding hydrogens is 308 g/mol. The second-order valence-corrected chi connectivity index (χ2v) is 6.37. The molecule has 2 amide bonds. The van der Waals surface area contributed by atoms with Crippen molar-refractivity contribution < 1.29 is 9.59 Å². The Bertz CT molecular complexity index is 565. The third kappa shape index (κ3) is 4.00. The molecule has 0 saturated carbocycles. The lowest BCUT2D eigenvalue weighted by Crippen LogP contribution is -2.51. The molecule has 0 bridgehead atoms. The van der Waals surface area contributed by atoms with E-state index in [1.165, 1.54) is 0 Å². The van der Waals surface area contributed by atoms with Crippen LogP contribution in [0.1, 0.15) is 12.8 Å². The van der Waals surface area contributed by atoms with E-state index in [9.17, 15) is 9.59 Å². The van der Waals surface area contributed by atoms with Crippen LogP contribution in [0.2, 0.25) is 0 Å². The SMILES string of the molecule is NC(=O)C1CCN(C(=O)CN2CCN(c3ncccn3)CC2)CC1. The predicted molar refractivity (Wildman–Crippen MR) is 89.2 cm³/mol. The van der Waals surface area contributed by atoms with Gasteiger partial charge in [-0.2, -0.15) is 0 Å². The molecule has 0 unspecified atom stereocenters. The number of hydrogen-bond donors (Lipinski definition) is 1. The average Bonchev–Trinajstić information content (AvgIpc) is 2.63. The van der Waals surface area contributed by atoms with Crippen LogP contribution < -0.4 is 10.6 Å². The molecule has 2 aliphatic rings. The molecule has 2 aliphatic heterocycles. The molecule has 0 radical (unpaired) electrons. The second kappa shape index (κ2) is 7.57. The largest absolute Gasteiger partial charge is 0.369 e. The Morgan fingerprint density at radius 1 is 1.04 bits per heavy atom. The third-order valence-corrected chi connectivity index (χ3v) is 4.82. The van der Waals surface area contributed by atoms with E-state index < -0.39 is 0 Å². The van der Waals surface area contributed by atoms with Gasteiger partial charge < -0.3 is 15.5 Å². The molecule has 0 aliphatic carbocycles. The van der Waals surface area contributed by atoms with Gasteiger partial charge >= 0.3 is 0 Å². The van der Waals surface area contributed by atoms with Crippen molar-refractivity contribution in [3.05, 3.63) is 18.5 Å². The van der Waals surface area contributed by atoms with E-state index in [0.717, 1.165) is 32.1 Å². The van der Waals surface area contributed by atoms with E-state index >= 15 is 0 Å². The van der Waals surface area contributed by atoms with Crippen molar-refractivity contribution in [2.75, 3.05) is 50.7 Å². The number of nitrogens with zero attached hydrogens (tertiary/aromatic N) is 5. The van der Waals surface area contributed by atoms with Gasteiger partial charge in [-0.15, -0.1) is 0 Å². The minimum absolute atomic E-state index is 0.0801. The molecule has 1 aromatic rings. The highest BCUT2D eigenvalue weighted by Crippen LogP contribution is 2.17. The van der Waals surface area contributed by atoms with Gasteiger partial charge in [0.15, 0.2) is 0 Å². The first-order valence-corrected chi connectivity index (χ1v) is 8.45. The molecule has 130 valence electrons. The summed E-state index contributed by atoms with van der Waals surface area (Å²) in [5, 5.41) is 0. The van der Waals surface area contributed by atoms with Crippen LogP contribution in [0.25, 0.3) is 0 Å². The molecule has 24 heavy (non-hydrogen) atoms. The fourth-order valence-corrected chi connectivity index (χ4v) is 3.27. The first kappa shape index (κ1) is 16.6. The number of piperazine rings is 1. The number of aromatic nitrogens is 2. The van der Waals surface area contributed by atoms with Crippen molar-refractivity contribution in [3.8, 4) is 0 Å². The molecule has 1 aromatic heterocycles. The number of nitrogens with two attached hydrogens (primary N) is 1. The summed E-state index contributed by atoms with van der Waals surface area (Å²) in [4.78, 5) is 38.3. The number of anilines is 1. The molecule has 8 heteroatoms. The van der Waals surface area contributed by atoms with E-state index in [-0.39, 0.29) is 17.7 Å². The summed E-state index contributed by atoms with van der Waals surface area (Å²) >= 11 is 0. The molecule has 2 fully saturated rings. The first-order valence-electron chi connectivity index (χ1n) is 8.45. The fourth-order valence-electron chi connectivity index (χ4n) is 3.27.